The molecule has 0 atom stereocenters. The highest BCUT2D eigenvalue weighted by molar-refractivity contribution is 7.89. The molecule has 0 bridgehead atoms. The first-order chi connectivity index (χ1) is 13.8. The minimum absolute atomic E-state index is 0.0849. The molecule has 0 aliphatic carbocycles. The first-order valence-electron chi connectivity index (χ1n) is 9.88. The summed E-state index contributed by atoms with van der Waals surface area (Å²) >= 11 is 0. The van der Waals surface area contributed by atoms with Crippen LogP contribution in [0.25, 0.3) is 0 Å². The Bertz CT molecular complexity index is 1000. The van der Waals surface area contributed by atoms with Crippen LogP contribution in [-0.4, -0.2) is 37.5 Å². The fourth-order valence-corrected chi connectivity index (χ4v) is 4.93. The van der Waals surface area contributed by atoms with Crippen molar-refractivity contribution >= 4 is 21.6 Å². The van der Waals surface area contributed by atoms with Gasteiger partial charge in [-0.25, -0.2) is 8.42 Å². The quantitative estimate of drug-likeness (QED) is 0.750. The topological polar surface area (TPSA) is 75.7 Å². The van der Waals surface area contributed by atoms with Gasteiger partial charge in [-0.3, -0.25) is 4.79 Å². The molecule has 1 amide bonds. The number of hydrogen-bond acceptors (Lipinski definition) is 4. The normalized spacial score (nSPS) is 14.3. The monoisotopic (exact) mass is 416 g/mol. The minimum atomic E-state index is -3.23. The number of hydrogen-bond donors (Lipinski definition) is 1. The Morgan fingerprint density at radius 3 is 2.72 bits per heavy atom. The number of carbonyl (C=O) groups is 1. The Labute approximate surface area is 172 Å². The number of ether oxygens (including phenoxy) is 1. The van der Waals surface area contributed by atoms with Crippen molar-refractivity contribution in [1.82, 2.24) is 4.31 Å². The van der Waals surface area contributed by atoms with Crippen LogP contribution < -0.4 is 10.1 Å². The number of sulfonamides is 1. The van der Waals surface area contributed by atoms with Crippen molar-refractivity contribution < 1.29 is 17.9 Å². The third kappa shape index (κ3) is 5.16. The van der Waals surface area contributed by atoms with Gasteiger partial charge in [-0.1, -0.05) is 25.1 Å². The maximum atomic E-state index is 12.4. The summed E-state index contributed by atoms with van der Waals surface area (Å²) in [6.45, 7) is 6.59. The lowest BCUT2D eigenvalue weighted by Gasteiger charge is -2.28. The molecule has 0 radical (unpaired) electrons. The van der Waals surface area contributed by atoms with Gasteiger partial charge in [-0.05, 0) is 67.1 Å². The van der Waals surface area contributed by atoms with E-state index in [9.17, 15) is 13.2 Å². The summed E-state index contributed by atoms with van der Waals surface area (Å²) in [6, 6.07) is 11.4. The second-order valence-electron chi connectivity index (χ2n) is 7.42. The number of aryl methyl sites for hydroxylation is 1. The molecule has 1 heterocycles. The van der Waals surface area contributed by atoms with Crippen LogP contribution in [0.5, 0.6) is 5.75 Å². The molecule has 6 nitrogen and oxygen atoms in total. The molecule has 156 valence electrons. The molecule has 0 saturated carbocycles. The van der Waals surface area contributed by atoms with Gasteiger partial charge >= 0.3 is 0 Å². The third-order valence-electron chi connectivity index (χ3n) is 5.24. The van der Waals surface area contributed by atoms with Gasteiger partial charge in [-0.2, -0.15) is 4.31 Å². The third-order valence-corrected chi connectivity index (χ3v) is 7.26. The van der Waals surface area contributed by atoms with Crippen molar-refractivity contribution in [3.05, 3.63) is 58.7 Å². The number of amides is 1. The summed E-state index contributed by atoms with van der Waals surface area (Å²) in [7, 11) is -3.23. The Kier molecular flexibility index (Phi) is 6.59. The maximum Gasteiger partial charge on any atom is 0.262 e. The Balaban J connectivity index is 1.64. The Hall–Kier alpha value is -2.38. The number of rotatable bonds is 7. The molecule has 2 aromatic carbocycles. The van der Waals surface area contributed by atoms with E-state index in [1.54, 1.807) is 0 Å². The summed E-state index contributed by atoms with van der Waals surface area (Å²) in [5, 5.41) is 2.84. The molecular formula is C22H28N2O4S. The molecule has 0 aromatic heterocycles. The zero-order chi connectivity index (χ0) is 21.0. The average Bonchev–Trinajstić information content (AvgIpc) is 2.68. The molecule has 0 fully saturated rings. The Morgan fingerprint density at radius 1 is 1.17 bits per heavy atom. The van der Waals surface area contributed by atoms with E-state index in [-0.39, 0.29) is 18.3 Å². The van der Waals surface area contributed by atoms with E-state index in [1.807, 2.05) is 57.2 Å². The molecule has 0 saturated heterocycles. The molecular weight excluding hydrogens is 388 g/mol. The number of benzene rings is 2. The highest BCUT2D eigenvalue weighted by atomic mass is 32.2. The molecule has 7 heteroatoms. The number of nitrogens with one attached hydrogen (secondary N) is 1. The van der Waals surface area contributed by atoms with E-state index in [2.05, 4.69) is 5.32 Å². The second kappa shape index (κ2) is 8.97. The number of nitrogens with zero attached hydrogens (tertiary/aromatic N) is 1. The maximum absolute atomic E-state index is 12.4. The number of anilines is 1. The van der Waals surface area contributed by atoms with Gasteiger partial charge in [0.15, 0.2) is 6.61 Å². The predicted octanol–water partition coefficient (Wildman–Crippen LogP) is 3.42. The van der Waals surface area contributed by atoms with Crippen LogP contribution >= 0.6 is 0 Å². The zero-order valence-corrected chi connectivity index (χ0v) is 18.0. The largest absolute Gasteiger partial charge is 0.483 e. The van der Waals surface area contributed by atoms with E-state index in [1.165, 1.54) is 4.31 Å². The van der Waals surface area contributed by atoms with Gasteiger partial charge in [0.1, 0.15) is 5.75 Å². The van der Waals surface area contributed by atoms with Crippen molar-refractivity contribution in [1.29, 1.82) is 0 Å². The van der Waals surface area contributed by atoms with Crippen molar-refractivity contribution in [2.24, 2.45) is 0 Å². The molecule has 29 heavy (non-hydrogen) atoms. The van der Waals surface area contributed by atoms with Crippen LogP contribution in [0.3, 0.4) is 0 Å². The van der Waals surface area contributed by atoms with Crippen LogP contribution in [0, 0.1) is 13.8 Å². The van der Waals surface area contributed by atoms with Gasteiger partial charge in [0.2, 0.25) is 10.0 Å². The molecule has 0 unspecified atom stereocenters. The lowest BCUT2D eigenvalue weighted by molar-refractivity contribution is -0.118. The van der Waals surface area contributed by atoms with Gasteiger partial charge in [-0.15, -0.1) is 0 Å². The van der Waals surface area contributed by atoms with E-state index < -0.39 is 10.0 Å². The molecule has 1 aliphatic rings. The van der Waals surface area contributed by atoms with Crippen LogP contribution in [0.4, 0.5) is 5.69 Å². The smallest absolute Gasteiger partial charge is 0.262 e. The van der Waals surface area contributed by atoms with Gasteiger partial charge in [0.05, 0.1) is 5.75 Å². The molecule has 2 aromatic rings. The van der Waals surface area contributed by atoms with E-state index in [4.69, 9.17) is 4.74 Å². The molecule has 0 spiro atoms. The summed E-state index contributed by atoms with van der Waals surface area (Å²) in [6.07, 6.45) is 1.28. The molecule has 1 aliphatic heterocycles. The molecule has 1 N–H and O–H groups in total. The predicted molar refractivity (Wildman–Crippen MR) is 115 cm³/mol. The average molecular weight is 417 g/mol. The van der Waals surface area contributed by atoms with Gasteiger partial charge in [0.25, 0.3) is 5.91 Å². The summed E-state index contributed by atoms with van der Waals surface area (Å²) in [5.41, 5.74) is 4.83. The molecule has 3 rings (SSSR count). The van der Waals surface area contributed by atoms with Crippen LogP contribution in [0.15, 0.2) is 36.4 Å². The number of carbonyl (C=O) groups excluding carboxylic acids is 1. The van der Waals surface area contributed by atoms with Crippen LogP contribution in [-0.2, 0) is 27.8 Å². The second-order valence-corrected chi connectivity index (χ2v) is 9.51. The fourth-order valence-electron chi connectivity index (χ4n) is 3.45. The highest BCUT2D eigenvalue weighted by Gasteiger charge is 2.26. The van der Waals surface area contributed by atoms with Gasteiger partial charge in [0, 0.05) is 18.8 Å². The van der Waals surface area contributed by atoms with Crippen molar-refractivity contribution in [2.45, 2.75) is 40.2 Å². The van der Waals surface area contributed by atoms with Crippen LogP contribution in [0.2, 0.25) is 0 Å². The first-order valence-corrected chi connectivity index (χ1v) is 11.5. The standard InChI is InChI=1S/C22H28N2O4S/c1-4-12-29(26,27)24-11-10-18-8-9-20(13-19(18)14-24)23-22(25)15-28-21-7-5-6-16(2)17(21)3/h5-9,13H,4,10-12,14-15H2,1-3H3,(H,23,25). The van der Waals surface area contributed by atoms with Crippen molar-refractivity contribution in [3.63, 3.8) is 0 Å². The van der Waals surface area contributed by atoms with E-state index in [0.29, 0.717) is 37.4 Å². The van der Waals surface area contributed by atoms with E-state index in [0.717, 1.165) is 22.3 Å². The Morgan fingerprint density at radius 2 is 1.97 bits per heavy atom. The summed E-state index contributed by atoms with van der Waals surface area (Å²) in [5.74, 6) is 0.605. The minimum Gasteiger partial charge on any atom is -0.483 e. The lowest BCUT2D eigenvalue weighted by Crippen LogP contribution is -2.37. The lowest BCUT2D eigenvalue weighted by atomic mass is 10.0. The van der Waals surface area contributed by atoms with Crippen molar-refractivity contribution in [2.75, 3.05) is 24.2 Å². The van der Waals surface area contributed by atoms with Crippen molar-refractivity contribution in [3.8, 4) is 5.75 Å². The highest BCUT2D eigenvalue weighted by Crippen LogP contribution is 2.25. The number of fused-ring (bicyclic) bond motifs is 1. The van der Waals surface area contributed by atoms with Gasteiger partial charge < -0.3 is 10.1 Å². The van der Waals surface area contributed by atoms with Crippen LogP contribution in [0.1, 0.15) is 35.6 Å². The first kappa shape index (κ1) is 21.3. The summed E-state index contributed by atoms with van der Waals surface area (Å²) < 4.78 is 31.9. The SMILES string of the molecule is CCCS(=O)(=O)N1CCc2ccc(NC(=O)COc3cccc(C)c3C)cc2C1. The summed E-state index contributed by atoms with van der Waals surface area (Å²) in [4.78, 5) is 12.3. The van der Waals surface area contributed by atoms with E-state index >= 15 is 0 Å². The fraction of sp³-hybridized carbons (Fsp3) is 0.409. The zero-order valence-electron chi connectivity index (χ0n) is 17.2.